The number of para-hydroxylation sites is 1. The normalized spacial score (nSPS) is 10.2. The van der Waals surface area contributed by atoms with Crippen molar-refractivity contribution < 1.29 is 19.7 Å². The van der Waals surface area contributed by atoms with Crippen LogP contribution in [0.1, 0.15) is 15.9 Å². The molecule has 0 heterocycles. The topological polar surface area (TPSA) is 78.8 Å². The maximum Gasteiger partial charge on any atom is 0.255 e. The summed E-state index contributed by atoms with van der Waals surface area (Å²) in [6.45, 7) is 0.386. The van der Waals surface area contributed by atoms with E-state index in [-0.39, 0.29) is 23.0 Å². The molecule has 0 fully saturated rings. The Hall–Kier alpha value is -2.53. The van der Waals surface area contributed by atoms with E-state index in [1.54, 1.807) is 13.2 Å². The SMILES string of the molecule is COCc1ccccc1NC(=O)c1ccc(O)c(O)c1. The quantitative estimate of drug-likeness (QED) is 0.748. The molecule has 20 heavy (non-hydrogen) atoms. The van der Waals surface area contributed by atoms with Crippen LogP contribution in [-0.2, 0) is 11.3 Å². The molecule has 5 heteroatoms. The number of benzene rings is 2. The molecule has 2 aromatic rings. The van der Waals surface area contributed by atoms with Gasteiger partial charge < -0.3 is 20.3 Å². The van der Waals surface area contributed by atoms with Gasteiger partial charge in [-0.05, 0) is 24.3 Å². The molecular weight excluding hydrogens is 258 g/mol. The van der Waals surface area contributed by atoms with Crippen molar-refractivity contribution in [1.82, 2.24) is 0 Å². The molecule has 0 unspecified atom stereocenters. The van der Waals surface area contributed by atoms with Crippen LogP contribution in [0.3, 0.4) is 0 Å². The molecular formula is C15H15NO4. The van der Waals surface area contributed by atoms with Gasteiger partial charge in [0, 0.05) is 23.9 Å². The average Bonchev–Trinajstić information content (AvgIpc) is 2.44. The molecule has 0 saturated heterocycles. The minimum absolute atomic E-state index is 0.257. The van der Waals surface area contributed by atoms with E-state index in [0.29, 0.717) is 12.3 Å². The maximum atomic E-state index is 12.1. The summed E-state index contributed by atoms with van der Waals surface area (Å²) in [5.41, 5.74) is 1.76. The number of phenols is 2. The predicted octanol–water partition coefficient (Wildman–Crippen LogP) is 2.50. The van der Waals surface area contributed by atoms with Gasteiger partial charge in [-0.15, -0.1) is 0 Å². The van der Waals surface area contributed by atoms with Gasteiger partial charge >= 0.3 is 0 Å². The third kappa shape index (κ3) is 3.07. The number of carbonyl (C=O) groups is 1. The van der Waals surface area contributed by atoms with Crippen molar-refractivity contribution in [2.45, 2.75) is 6.61 Å². The number of rotatable bonds is 4. The smallest absolute Gasteiger partial charge is 0.255 e. The first kappa shape index (κ1) is 13.9. The second-order valence-electron chi connectivity index (χ2n) is 4.25. The third-order valence-corrected chi connectivity index (χ3v) is 2.80. The number of aromatic hydroxyl groups is 2. The molecule has 5 nitrogen and oxygen atoms in total. The Morgan fingerprint density at radius 2 is 1.90 bits per heavy atom. The van der Waals surface area contributed by atoms with Gasteiger partial charge in [0.15, 0.2) is 11.5 Å². The summed E-state index contributed by atoms with van der Waals surface area (Å²) in [6, 6.07) is 11.2. The lowest BCUT2D eigenvalue weighted by molar-refractivity contribution is 0.102. The third-order valence-electron chi connectivity index (χ3n) is 2.80. The zero-order valence-corrected chi connectivity index (χ0v) is 11.0. The summed E-state index contributed by atoms with van der Waals surface area (Å²) in [4.78, 5) is 12.1. The Labute approximate surface area is 116 Å². The highest BCUT2D eigenvalue weighted by Gasteiger charge is 2.11. The highest BCUT2D eigenvalue weighted by Crippen LogP contribution is 2.25. The molecule has 104 valence electrons. The zero-order chi connectivity index (χ0) is 14.5. The lowest BCUT2D eigenvalue weighted by Gasteiger charge is -2.10. The molecule has 0 bridgehead atoms. The molecule has 0 aromatic heterocycles. The van der Waals surface area contributed by atoms with Crippen LogP contribution in [0.25, 0.3) is 0 Å². The van der Waals surface area contributed by atoms with E-state index in [9.17, 15) is 15.0 Å². The van der Waals surface area contributed by atoms with Crippen molar-refractivity contribution in [3.63, 3.8) is 0 Å². The number of carbonyl (C=O) groups excluding carboxylic acids is 1. The fourth-order valence-corrected chi connectivity index (χ4v) is 1.78. The number of hydrogen-bond acceptors (Lipinski definition) is 4. The number of amides is 1. The molecule has 0 spiro atoms. The van der Waals surface area contributed by atoms with Gasteiger partial charge in [-0.2, -0.15) is 0 Å². The summed E-state index contributed by atoms with van der Waals surface area (Å²) in [5, 5.41) is 21.4. The van der Waals surface area contributed by atoms with E-state index in [0.717, 1.165) is 5.56 Å². The second-order valence-corrected chi connectivity index (χ2v) is 4.25. The van der Waals surface area contributed by atoms with Gasteiger partial charge in [-0.3, -0.25) is 4.79 Å². The Morgan fingerprint density at radius 1 is 1.15 bits per heavy atom. The second kappa shape index (κ2) is 6.08. The highest BCUT2D eigenvalue weighted by molar-refractivity contribution is 6.05. The first-order valence-electron chi connectivity index (χ1n) is 6.02. The Morgan fingerprint density at radius 3 is 2.60 bits per heavy atom. The Bertz CT molecular complexity index is 625. The number of methoxy groups -OCH3 is 1. The summed E-state index contributed by atoms with van der Waals surface area (Å²) in [5.74, 6) is -0.965. The van der Waals surface area contributed by atoms with Gasteiger partial charge in [-0.1, -0.05) is 18.2 Å². The van der Waals surface area contributed by atoms with E-state index < -0.39 is 0 Å². The van der Waals surface area contributed by atoms with E-state index in [2.05, 4.69) is 5.32 Å². The largest absolute Gasteiger partial charge is 0.504 e. The van der Waals surface area contributed by atoms with Gasteiger partial charge in [0.25, 0.3) is 5.91 Å². The first-order valence-corrected chi connectivity index (χ1v) is 6.02. The number of hydrogen-bond donors (Lipinski definition) is 3. The number of phenolic OH excluding ortho intramolecular Hbond substituents is 2. The van der Waals surface area contributed by atoms with Crippen molar-refractivity contribution >= 4 is 11.6 Å². The lowest BCUT2D eigenvalue weighted by atomic mass is 10.1. The summed E-state index contributed by atoms with van der Waals surface area (Å²) >= 11 is 0. The molecule has 2 aromatic carbocycles. The van der Waals surface area contributed by atoms with E-state index in [4.69, 9.17) is 4.74 Å². The molecule has 2 rings (SSSR count). The first-order chi connectivity index (χ1) is 9.61. The minimum Gasteiger partial charge on any atom is -0.504 e. The van der Waals surface area contributed by atoms with Crippen LogP contribution in [0.2, 0.25) is 0 Å². The summed E-state index contributed by atoms with van der Waals surface area (Å²) in [7, 11) is 1.58. The zero-order valence-electron chi connectivity index (χ0n) is 11.0. The summed E-state index contributed by atoms with van der Waals surface area (Å²) in [6.07, 6.45) is 0. The molecule has 0 aliphatic heterocycles. The minimum atomic E-state index is -0.371. The Kier molecular flexibility index (Phi) is 4.22. The van der Waals surface area contributed by atoms with Crippen molar-refractivity contribution in [3.05, 3.63) is 53.6 Å². The predicted molar refractivity (Wildman–Crippen MR) is 74.9 cm³/mol. The fraction of sp³-hybridized carbons (Fsp3) is 0.133. The van der Waals surface area contributed by atoms with Crippen LogP contribution in [0, 0.1) is 0 Å². The van der Waals surface area contributed by atoms with Crippen LogP contribution in [0.5, 0.6) is 11.5 Å². The lowest BCUT2D eigenvalue weighted by Crippen LogP contribution is -2.13. The van der Waals surface area contributed by atoms with Gasteiger partial charge in [0.05, 0.1) is 6.61 Å². The monoisotopic (exact) mass is 273 g/mol. The highest BCUT2D eigenvalue weighted by atomic mass is 16.5. The van der Waals surface area contributed by atoms with Crippen LogP contribution in [-0.4, -0.2) is 23.2 Å². The van der Waals surface area contributed by atoms with Crippen molar-refractivity contribution in [2.24, 2.45) is 0 Å². The number of nitrogens with one attached hydrogen (secondary N) is 1. The van der Waals surface area contributed by atoms with E-state index in [1.807, 2.05) is 18.2 Å². The van der Waals surface area contributed by atoms with Crippen LogP contribution >= 0.6 is 0 Å². The van der Waals surface area contributed by atoms with Crippen molar-refractivity contribution in [3.8, 4) is 11.5 Å². The average molecular weight is 273 g/mol. The van der Waals surface area contributed by atoms with Gasteiger partial charge in [-0.25, -0.2) is 0 Å². The van der Waals surface area contributed by atoms with Crippen LogP contribution in [0.4, 0.5) is 5.69 Å². The van der Waals surface area contributed by atoms with E-state index >= 15 is 0 Å². The molecule has 0 aliphatic carbocycles. The van der Waals surface area contributed by atoms with Crippen LogP contribution in [0.15, 0.2) is 42.5 Å². The maximum absolute atomic E-state index is 12.1. The van der Waals surface area contributed by atoms with E-state index in [1.165, 1.54) is 18.2 Å². The standard InChI is InChI=1S/C15H15NO4/c1-20-9-11-4-2-3-5-12(11)16-15(19)10-6-7-13(17)14(18)8-10/h2-8,17-18H,9H2,1H3,(H,16,19). The summed E-state index contributed by atoms with van der Waals surface area (Å²) < 4.78 is 5.07. The molecule has 0 atom stereocenters. The number of anilines is 1. The Balaban J connectivity index is 2.21. The molecule has 0 aliphatic rings. The molecule has 0 saturated carbocycles. The fourth-order valence-electron chi connectivity index (χ4n) is 1.78. The van der Waals surface area contributed by atoms with Gasteiger partial charge in [0.1, 0.15) is 0 Å². The van der Waals surface area contributed by atoms with Crippen molar-refractivity contribution in [2.75, 3.05) is 12.4 Å². The van der Waals surface area contributed by atoms with Crippen molar-refractivity contribution in [1.29, 1.82) is 0 Å². The number of ether oxygens (including phenoxy) is 1. The molecule has 1 amide bonds. The molecule has 3 N–H and O–H groups in total. The molecule has 0 radical (unpaired) electrons. The van der Waals surface area contributed by atoms with Crippen LogP contribution < -0.4 is 5.32 Å². The van der Waals surface area contributed by atoms with Gasteiger partial charge in [0.2, 0.25) is 0 Å².